The zero-order chi connectivity index (χ0) is 19.6. The molecule has 1 aromatic carbocycles. The Labute approximate surface area is 159 Å². The summed E-state index contributed by atoms with van der Waals surface area (Å²) in [5.74, 6) is 0.577. The molecule has 6 heteroatoms. The molecule has 2 aromatic rings. The first-order valence-electron chi connectivity index (χ1n) is 9.13. The molecule has 0 saturated carbocycles. The highest BCUT2D eigenvalue weighted by atomic mass is 16.4. The molecule has 1 aliphatic rings. The number of rotatable bonds is 3. The number of fused-ring (bicyclic) bond motifs is 1. The molecule has 0 spiro atoms. The van der Waals surface area contributed by atoms with Crippen molar-refractivity contribution in [1.82, 2.24) is 10.7 Å². The highest BCUT2D eigenvalue weighted by Gasteiger charge is 2.29. The summed E-state index contributed by atoms with van der Waals surface area (Å²) in [5.41, 5.74) is 5.17. The minimum absolute atomic E-state index is 0.234. The highest BCUT2D eigenvalue weighted by Crippen LogP contribution is 2.30. The molecule has 0 aliphatic heterocycles. The summed E-state index contributed by atoms with van der Waals surface area (Å²) in [6.45, 7) is 7.64. The van der Waals surface area contributed by atoms with Crippen molar-refractivity contribution in [3.63, 3.8) is 0 Å². The molecular formula is C21H25N3O3. The van der Waals surface area contributed by atoms with Crippen LogP contribution in [0, 0.1) is 6.92 Å². The van der Waals surface area contributed by atoms with Crippen LogP contribution in [0.1, 0.15) is 71.4 Å². The lowest BCUT2D eigenvalue weighted by atomic mass is 9.93. The van der Waals surface area contributed by atoms with E-state index in [2.05, 4.69) is 15.8 Å². The van der Waals surface area contributed by atoms with Gasteiger partial charge in [-0.25, -0.2) is 5.43 Å². The van der Waals surface area contributed by atoms with Crippen LogP contribution < -0.4 is 10.7 Å². The van der Waals surface area contributed by atoms with Gasteiger partial charge in [-0.15, -0.1) is 0 Å². The number of carbonyl (C=O) groups excluding carboxylic acids is 2. The van der Waals surface area contributed by atoms with E-state index in [-0.39, 0.29) is 17.4 Å². The van der Waals surface area contributed by atoms with Crippen LogP contribution in [0.15, 0.2) is 39.9 Å². The molecule has 2 N–H and O–H groups in total. The standard InChI is InChI=1S/C21H25N3O3/c1-13-17-15(23-24-19(25)14-9-6-5-7-10-14)11-8-12-16(17)27-18(13)20(26)22-21(2,3)4/h5-7,9-10H,8,11-12H2,1-4H3,(H,22,26)(H,24,25)/b23-15+. The van der Waals surface area contributed by atoms with Crippen LogP contribution in [0.25, 0.3) is 0 Å². The van der Waals surface area contributed by atoms with Gasteiger partial charge in [0.1, 0.15) is 5.76 Å². The molecule has 0 atom stereocenters. The van der Waals surface area contributed by atoms with Gasteiger partial charge in [-0.2, -0.15) is 5.10 Å². The quantitative estimate of drug-likeness (QED) is 0.813. The normalized spacial score (nSPS) is 15.3. The molecule has 27 heavy (non-hydrogen) atoms. The summed E-state index contributed by atoms with van der Waals surface area (Å²) in [5, 5.41) is 7.26. The Morgan fingerprint density at radius 3 is 2.44 bits per heavy atom. The lowest BCUT2D eigenvalue weighted by Gasteiger charge is -2.19. The Balaban J connectivity index is 1.86. The second-order valence-corrected chi connectivity index (χ2v) is 7.78. The summed E-state index contributed by atoms with van der Waals surface area (Å²) in [4.78, 5) is 24.8. The molecule has 0 unspecified atom stereocenters. The van der Waals surface area contributed by atoms with Gasteiger partial charge in [0.05, 0.1) is 5.71 Å². The predicted molar refractivity (Wildman–Crippen MR) is 104 cm³/mol. The van der Waals surface area contributed by atoms with Crippen molar-refractivity contribution < 1.29 is 14.0 Å². The number of hydrogen-bond donors (Lipinski definition) is 2. The van der Waals surface area contributed by atoms with Crippen molar-refractivity contribution in [3.05, 3.63) is 58.5 Å². The lowest BCUT2D eigenvalue weighted by molar-refractivity contribution is 0.0887. The summed E-state index contributed by atoms with van der Waals surface area (Å²) in [7, 11) is 0. The number of furan rings is 1. The van der Waals surface area contributed by atoms with Crippen LogP contribution in [0.5, 0.6) is 0 Å². The van der Waals surface area contributed by atoms with E-state index in [1.165, 1.54) is 0 Å². The molecule has 3 rings (SSSR count). The highest BCUT2D eigenvalue weighted by molar-refractivity contribution is 6.07. The maximum absolute atomic E-state index is 12.5. The topological polar surface area (TPSA) is 83.7 Å². The third-order valence-corrected chi connectivity index (χ3v) is 4.35. The van der Waals surface area contributed by atoms with Gasteiger partial charge >= 0.3 is 0 Å². The van der Waals surface area contributed by atoms with E-state index in [0.717, 1.165) is 41.9 Å². The summed E-state index contributed by atoms with van der Waals surface area (Å²) >= 11 is 0. The predicted octanol–water partition coefficient (Wildman–Crippen LogP) is 3.59. The number of nitrogens with zero attached hydrogens (tertiary/aromatic N) is 1. The molecule has 2 amide bonds. The maximum atomic E-state index is 12.5. The van der Waals surface area contributed by atoms with Crippen LogP contribution in [0.2, 0.25) is 0 Å². The molecular weight excluding hydrogens is 342 g/mol. The van der Waals surface area contributed by atoms with E-state index in [1.54, 1.807) is 24.3 Å². The summed E-state index contributed by atoms with van der Waals surface area (Å²) in [6.07, 6.45) is 2.34. The fraction of sp³-hybridized carbons (Fsp3) is 0.381. The Morgan fingerprint density at radius 2 is 1.78 bits per heavy atom. The summed E-state index contributed by atoms with van der Waals surface area (Å²) < 4.78 is 5.86. The Hall–Kier alpha value is -2.89. The molecule has 6 nitrogen and oxygen atoms in total. The van der Waals surface area contributed by atoms with Gasteiger partial charge in [0.15, 0.2) is 5.76 Å². The fourth-order valence-corrected chi connectivity index (χ4v) is 3.17. The van der Waals surface area contributed by atoms with Crippen molar-refractivity contribution in [2.24, 2.45) is 5.10 Å². The van der Waals surface area contributed by atoms with Crippen molar-refractivity contribution >= 4 is 17.5 Å². The van der Waals surface area contributed by atoms with Gasteiger partial charge in [-0.1, -0.05) is 18.2 Å². The van der Waals surface area contributed by atoms with E-state index in [9.17, 15) is 9.59 Å². The van der Waals surface area contributed by atoms with Crippen molar-refractivity contribution in [3.8, 4) is 0 Å². The Bertz CT molecular complexity index is 889. The number of carbonyl (C=O) groups is 2. The number of nitrogens with one attached hydrogen (secondary N) is 2. The van der Waals surface area contributed by atoms with Gasteiger partial charge in [-0.3, -0.25) is 9.59 Å². The number of aryl methyl sites for hydroxylation is 1. The first-order chi connectivity index (χ1) is 12.8. The zero-order valence-electron chi connectivity index (χ0n) is 16.2. The van der Waals surface area contributed by atoms with Gasteiger partial charge in [0.25, 0.3) is 11.8 Å². The van der Waals surface area contributed by atoms with E-state index < -0.39 is 0 Å². The average Bonchev–Trinajstić information content (AvgIpc) is 2.96. The van der Waals surface area contributed by atoms with Crippen molar-refractivity contribution in [2.75, 3.05) is 0 Å². The van der Waals surface area contributed by atoms with E-state index in [1.807, 2.05) is 33.8 Å². The molecule has 0 radical (unpaired) electrons. The van der Waals surface area contributed by atoms with Crippen LogP contribution in [0.3, 0.4) is 0 Å². The van der Waals surface area contributed by atoms with Gasteiger partial charge in [-0.05, 0) is 52.7 Å². The molecule has 0 bridgehead atoms. The average molecular weight is 367 g/mol. The van der Waals surface area contributed by atoms with E-state index in [4.69, 9.17) is 4.42 Å². The van der Waals surface area contributed by atoms with Gasteiger partial charge in [0.2, 0.25) is 0 Å². The van der Waals surface area contributed by atoms with Crippen LogP contribution >= 0.6 is 0 Å². The molecule has 0 fully saturated rings. The first-order valence-corrected chi connectivity index (χ1v) is 9.13. The van der Waals surface area contributed by atoms with Crippen LogP contribution in [-0.2, 0) is 6.42 Å². The second kappa shape index (κ2) is 7.39. The van der Waals surface area contributed by atoms with Crippen LogP contribution in [-0.4, -0.2) is 23.1 Å². The third kappa shape index (κ3) is 4.27. The third-order valence-electron chi connectivity index (χ3n) is 4.35. The molecule has 0 saturated heterocycles. The van der Waals surface area contributed by atoms with Gasteiger partial charge in [0, 0.05) is 28.7 Å². The first kappa shape index (κ1) is 18.9. The minimum atomic E-state index is -0.350. The van der Waals surface area contributed by atoms with E-state index >= 15 is 0 Å². The Kier molecular flexibility index (Phi) is 5.17. The number of hydrazone groups is 1. The zero-order valence-corrected chi connectivity index (χ0v) is 16.2. The van der Waals surface area contributed by atoms with E-state index in [0.29, 0.717) is 11.3 Å². The Morgan fingerprint density at radius 1 is 1.07 bits per heavy atom. The summed E-state index contributed by atoms with van der Waals surface area (Å²) in [6, 6.07) is 8.94. The number of benzene rings is 1. The SMILES string of the molecule is Cc1c(C(=O)NC(C)(C)C)oc2c1/C(=N/NC(=O)c1ccccc1)CCC2. The van der Waals surface area contributed by atoms with Crippen LogP contribution in [0.4, 0.5) is 0 Å². The second-order valence-electron chi connectivity index (χ2n) is 7.78. The maximum Gasteiger partial charge on any atom is 0.287 e. The molecule has 1 aliphatic carbocycles. The number of hydrogen-bond acceptors (Lipinski definition) is 4. The lowest BCUT2D eigenvalue weighted by Crippen LogP contribution is -2.40. The number of amides is 2. The minimum Gasteiger partial charge on any atom is -0.455 e. The smallest absolute Gasteiger partial charge is 0.287 e. The molecule has 1 heterocycles. The van der Waals surface area contributed by atoms with Crippen molar-refractivity contribution in [1.29, 1.82) is 0 Å². The van der Waals surface area contributed by atoms with Crippen molar-refractivity contribution in [2.45, 2.75) is 52.5 Å². The molecule has 1 aromatic heterocycles. The largest absolute Gasteiger partial charge is 0.455 e. The fourth-order valence-electron chi connectivity index (χ4n) is 3.17. The molecule has 142 valence electrons. The monoisotopic (exact) mass is 367 g/mol. The van der Waals surface area contributed by atoms with Gasteiger partial charge < -0.3 is 9.73 Å².